The van der Waals surface area contributed by atoms with Gasteiger partial charge in [-0.25, -0.2) is 9.97 Å². The van der Waals surface area contributed by atoms with Crippen molar-refractivity contribution in [2.24, 2.45) is 0 Å². The number of aromatic nitrogens is 2. The van der Waals surface area contributed by atoms with E-state index in [1.807, 2.05) is 18.4 Å². The third-order valence-electron chi connectivity index (χ3n) is 4.20. The summed E-state index contributed by atoms with van der Waals surface area (Å²) in [5.74, 6) is 0.617. The maximum absolute atomic E-state index is 9.72. The quantitative estimate of drug-likeness (QED) is 0.587. The van der Waals surface area contributed by atoms with Crippen molar-refractivity contribution in [1.29, 1.82) is 5.26 Å². The van der Waals surface area contributed by atoms with E-state index >= 15 is 0 Å². The average molecular weight is 355 g/mol. The molecule has 1 aromatic heterocycles. The van der Waals surface area contributed by atoms with Crippen molar-refractivity contribution in [1.82, 2.24) is 9.97 Å². The molecule has 0 aliphatic carbocycles. The Kier molecular flexibility index (Phi) is 6.07. The Hall–Kier alpha value is -2.06. The molecular formula is C20H26N4S. The highest BCUT2D eigenvalue weighted by atomic mass is 32.2. The van der Waals surface area contributed by atoms with Gasteiger partial charge in [0.05, 0.1) is 5.69 Å². The van der Waals surface area contributed by atoms with Crippen LogP contribution in [0.5, 0.6) is 0 Å². The van der Waals surface area contributed by atoms with Gasteiger partial charge >= 0.3 is 0 Å². The van der Waals surface area contributed by atoms with E-state index in [0.717, 1.165) is 12.0 Å². The van der Waals surface area contributed by atoms with Crippen LogP contribution in [0.3, 0.4) is 0 Å². The van der Waals surface area contributed by atoms with Crippen LogP contribution in [0.25, 0.3) is 11.3 Å². The number of benzene rings is 1. The van der Waals surface area contributed by atoms with Gasteiger partial charge in [0, 0.05) is 11.6 Å². The molecule has 0 aliphatic rings. The molecule has 2 aromatic rings. The summed E-state index contributed by atoms with van der Waals surface area (Å²) in [5, 5.41) is 13.7. The van der Waals surface area contributed by atoms with Gasteiger partial charge in [-0.15, -0.1) is 0 Å². The summed E-state index contributed by atoms with van der Waals surface area (Å²) in [7, 11) is 0. The Bertz CT molecular complexity index is 770. The highest BCUT2D eigenvalue weighted by Crippen LogP contribution is 2.31. The fourth-order valence-electron chi connectivity index (χ4n) is 2.41. The lowest BCUT2D eigenvalue weighted by Gasteiger charge is -2.19. The van der Waals surface area contributed by atoms with Crippen molar-refractivity contribution in [2.75, 3.05) is 11.6 Å². The van der Waals surface area contributed by atoms with Crippen LogP contribution in [0, 0.1) is 11.3 Å². The third kappa shape index (κ3) is 4.52. The predicted octanol–water partition coefficient (Wildman–Crippen LogP) is 5.25. The number of thioether (sulfide) groups is 1. The van der Waals surface area contributed by atoms with Gasteiger partial charge in [-0.2, -0.15) is 5.26 Å². The second-order valence-corrected chi connectivity index (χ2v) is 7.95. The van der Waals surface area contributed by atoms with E-state index in [0.29, 0.717) is 22.2 Å². The van der Waals surface area contributed by atoms with Gasteiger partial charge < -0.3 is 5.32 Å². The molecule has 0 saturated heterocycles. The van der Waals surface area contributed by atoms with Crippen LogP contribution >= 0.6 is 11.8 Å². The van der Waals surface area contributed by atoms with Crippen molar-refractivity contribution in [3.05, 3.63) is 35.4 Å². The Labute approximate surface area is 155 Å². The van der Waals surface area contributed by atoms with E-state index < -0.39 is 0 Å². The minimum atomic E-state index is 0.0932. The van der Waals surface area contributed by atoms with E-state index in [2.05, 4.69) is 68.1 Å². The van der Waals surface area contributed by atoms with Crippen LogP contribution in [0.1, 0.15) is 52.2 Å². The minimum absolute atomic E-state index is 0.0932. The Morgan fingerprint density at radius 1 is 1.20 bits per heavy atom. The monoisotopic (exact) mass is 354 g/mol. The van der Waals surface area contributed by atoms with Gasteiger partial charge in [-0.3, -0.25) is 0 Å². The molecule has 2 rings (SSSR count). The highest BCUT2D eigenvalue weighted by Gasteiger charge is 2.18. The van der Waals surface area contributed by atoms with Gasteiger partial charge in [0.25, 0.3) is 0 Å². The molecule has 1 atom stereocenters. The molecule has 0 bridgehead atoms. The van der Waals surface area contributed by atoms with Gasteiger partial charge in [0.2, 0.25) is 0 Å². The van der Waals surface area contributed by atoms with E-state index in [9.17, 15) is 5.26 Å². The van der Waals surface area contributed by atoms with E-state index in [4.69, 9.17) is 0 Å². The smallest absolute Gasteiger partial charge is 0.189 e. The van der Waals surface area contributed by atoms with Gasteiger partial charge in [-0.1, -0.05) is 63.7 Å². The molecule has 0 radical (unpaired) electrons. The van der Waals surface area contributed by atoms with Crippen LogP contribution in [-0.2, 0) is 5.41 Å². The van der Waals surface area contributed by atoms with Crippen LogP contribution < -0.4 is 5.32 Å². The number of hydrogen-bond acceptors (Lipinski definition) is 5. The molecule has 132 valence electrons. The molecule has 0 amide bonds. The van der Waals surface area contributed by atoms with E-state index in [1.54, 1.807) is 0 Å². The zero-order chi connectivity index (χ0) is 18.6. The summed E-state index contributed by atoms with van der Waals surface area (Å²) in [4.78, 5) is 9.12. The first-order valence-electron chi connectivity index (χ1n) is 8.53. The minimum Gasteiger partial charge on any atom is -0.366 e. The van der Waals surface area contributed by atoms with Gasteiger partial charge in [0.1, 0.15) is 17.5 Å². The summed E-state index contributed by atoms with van der Waals surface area (Å²) < 4.78 is 0. The second kappa shape index (κ2) is 7.88. The summed E-state index contributed by atoms with van der Waals surface area (Å²) in [5.41, 5.74) is 3.48. The molecule has 0 aliphatic heterocycles. The zero-order valence-corrected chi connectivity index (χ0v) is 16.7. The fourth-order valence-corrected chi connectivity index (χ4v) is 2.78. The van der Waals surface area contributed by atoms with Gasteiger partial charge in [0.15, 0.2) is 5.16 Å². The predicted molar refractivity (Wildman–Crippen MR) is 106 cm³/mol. The normalized spacial score (nSPS) is 12.5. The van der Waals surface area contributed by atoms with E-state index in [-0.39, 0.29) is 11.5 Å². The molecule has 0 saturated carbocycles. The van der Waals surface area contributed by atoms with Crippen LogP contribution in [0.2, 0.25) is 0 Å². The molecule has 0 spiro atoms. The lowest BCUT2D eigenvalue weighted by molar-refractivity contribution is 0.590. The number of nitrogens with zero attached hydrogens (tertiary/aromatic N) is 3. The molecule has 1 aromatic carbocycles. The maximum Gasteiger partial charge on any atom is 0.189 e. The molecular weight excluding hydrogens is 328 g/mol. The van der Waals surface area contributed by atoms with Crippen molar-refractivity contribution in [3.8, 4) is 17.3 Å². The molecule has 1 heterocycles. The summed E-state index contributed by atoms with van der Waals surface area (Å²) in [6.45, 7) is 10.8. The number of rotatable bonds is 5. The van der Waals surface area contributed by atoms with Crippen LogP contribution in [0.4, 0.5) is 5.82 Å². The van der Waals surface area contributed by atoms with Crippen molar-refractivity contribution in [3.63, 3.8) is 0 Å². The number of nitriles is 1. The van der Waals surface area contributed by atoms with Crippen LogP contribution in [0.15, 0.2) is 29.4 Å². The highest BCUT2D eigenvalue weighted by molar-refractivity contribution is 7.98. The Morgan fingerprint density at radius 3 is 2.32 bits per heavy atom. The summed E-state index contributed by atoms with van der Waals surface area (Å²) in [6, 6.07) is 10.8. The molecule has 4 nitrogen and oxygen atoms in total. The number of anilines is 1. The number of hydrogen-bond donors (Lipinski definition) is 1. The second-order valence-electron chi connectivity index (χ2n) is 7.18. The first-order valence-corrected chi connectivity index (χ1v) is 9.76. The summed E-state index contributed by atoms with van der Waals surface area (Å²) >= 11 is 1.48. The first-order chi connectivity index (χ1) is 11.8. The fraction of sp³-hybridized carbons (Fsp3) is 0.450. The van der Waals surface area contributed by atoms with E-state index in [1.165, 1.54) is 17.3 Å². The molecule has 0 fully saturated rings. The van der Waals surface area contributed by atoms with Gasteiger partial charge in [-0.05, 0) is 30.6 Å². The van der Waals surface area contributed by atoms with Crippen molar-refractivity contribution >= 4 is 17.6 Å². The Balaban J connectivity index is 2.56. The zero-order valence-electron chi connectivity index (χ0n) is 15.8. The lowest BCUT2D eigenvalue weighted by Crippen LogP contribution is -2.16. The topological polar surface area (TPSA) is 61.6 Å². The maximum atomic E-state index is 9.72. The average Bonchev–Trinajstić information content (AvgIpc) is 2.60. The standard InChI is InChI=1S/C20H26N4S/c1-7-13(2)22-18-16(12-21)17(23-19(24-18)25-6)14-8-10-15(11-9-14)20(3,4)5/h8-11,13H,7H2,1-6H3,(H,22,23,24). The first kappa shape index (κ1) is 19.3. The van der Waals surface area contributed by atoms with Crippen molar-refractivity contribution < 1.29 is 0 Å². The SMILES string of the molecule is CCC(C)Nc1nc(SC)nc(-c2ccc(C(C)(C)C)cc2)c1C#N. The third-order valence-corrected chi connectivity index (χ3v) is 4.75. The van der Waals surface area contributed by atoms with Crippen molar-refractivity contribution in [2.45, 2.75) is 57.7 Å². The molecule has 1 N–H and O–H groups in total. The summed E-state index contributed by atoms with van der Waals surface area (Å²) in [6.07, 6.45) is 2.90. The Morgan fingerprint density at radius 2 is 1.84 bits per heavy atom. The molecule has 5 heteroatoms. The number of nitrogens with one attached hydrogen (secondary N) is 1. The van der Waals surface area contributed by atoms with Crippen LogP contribution in [-0.4, -0.2) is 22.3 Å². The molecule has 1 unspecified atom stereocenters. The largest absolute Gasteiger partial charge is 0.366 e. The molecule has 25 heavy (non-hydrogen) atoms. The lowest BCUT2D eigenvalue weighted by atomic mass is 9.86.